The number of ether oxygens (including phenoxy) is 2. The van der Waals surface area contributed by atoms with Gasteiger partial charge >= 0.3 is 5.97 Å². The zero-order valence-corrected chi connectivity index (χ0v) is 54.1. The summed E-state index contributed by atoms with van der Waals surface area (Å²) in [4.78, 5) is 96.9. The van der Waals surface area contributed by atoms with Gasteiger partial charge in [0.25, 0.3) is 0 Å². The fourth-order valence-corrected chi connectivity index (χ4v) is 13.2. The van der Waals surface area contributed by atoms with E-state index in [1.54, 1.807) is 53.8 Å². The van der Waals surface area contributed by atoms with E-state index in [2.05, 4.69) is 35.1 Å². The van der Waals surface area contributed by atoms with Crippen molar-refractivity contribution in [3.8, 4) is 44.1 Å². The van der Waals surface area contributed by atoms with Crippen molar-refractivity contribution >= 4 is 78.1 Å². The average molecular weight is 1330 g/mol. The Kier molecular flexibility index (Phi) is 24.5. The van der Waals surface area contributed by atoms with Crippen LogP contribution < -0.4 is 20.5 Å². The third-order valence-corrected chi connectivity index (χ3v) is 18.1. The van der Waals surface area contributed by atoms with Gasteiger partial charge in [-0.1, -0.05) is 72.8 Å². The Labute approximate surface area is 556 Å². The second-order valence-electron chi connectivity index (χ2n) is 23.4. The lowest BCUT2D eigenvalue weighted by Crippen LogP contribution is -2.30. The fraction of sp³-hybridized carbons (Fsp3) is 0.306. The molecule has 10 aromatic rings. The van der Waals surface area contributed by atoms with Crippen molar-refractivity contribution in [1.82, 2.24) is 44.2 Å². The number of likely N-dealkylation sites (tertiary alicyclic amines) is 2. The maximum absolute atomic E-state index is 15.1. The molecule has 8 heterocycles. The first-order valence-corrected chi connectivity index (χ1v) is 33.3. The molecule has 23 heteroatoms. The molecule has 0 radical (unpaired) electrons. The number of carbonyl (C=O) groups excluding carboxylic acids is 5. The van der Waals surface area contributed by atoms with Gasteiger partial charge in [-0.25, -0.2) is 18.7 Å². The molecule has 492 valence electrons. The lowest BCUT2D eigenvalue weighted by molar-refractivity contribution is -0.138. The summed E-state index contributed by atoms with van der Waals surface area (Å²) >= 11 is 2.76. The van der Waals surface area contributed by atoms with Crippen LogP contribution in [0.1, 0.15) is 73.6 Å². The van der Waals surface area contributed by atoms with Crippen molar-refractivity contribution in [2.45, 2.75) is 90.1 Å². The number of hydrogen-bond acceptors (Lipinski definition) is 17. The van der Waals surface area contributed by atoms with Gasteiger partial charge in [-0.15, -0.1) is 22.7 Å². The van der Waals surface area contributed by atoms with Gasteiger partial charge in [0.1, 0.15) is 47.7 Å². The number of benzene rings is 4. The monoisotopic (exact) mass is 1320 g/mol. The first kappa shape index (κ1) is 68.3. The van der Waals surface area contributed by atoms with Gasteiger partial charge in [-0.05, 0) is 143 Å². The highest BCUT2D eigenvalue weighted by Gasteiger charge is 2.20. The van der Waals surface area contributed by atoms with Crippen LogP contribution in [0.25, 0.3) is 41.6 Å². The number of halogens is 2. The smallest absolute Gasteiger partial charge is 0.323 e. The van der Waals surface area contributed by atoms with Crippen molar-refractivity contribution in [2.75, 3.05) is 52.4 Å². The molecule has 0 unspecified atom stereocenters. The van der Waals surface area contributed by atoms with Gasteiger partial charge in [0.2, 0.25) is 5.91 Å². The number of hydrogen-bond donors (Lipinski definition) is 3. The third kappa shape index (κ3) is 20.5. The summed E-state index contributed by atoms with van der Waals surface area (Å²) in [5.41, 5.74) is 10.6. The molecule has 2 saturated heterocycles. The first-order chi connectivity index (χ1) is 46.2. The number of pyridine rings is 2. The first-order valence-electron chi connectivity index (χ1n) is 31.7. The molecule has 0 saturated carbocycles. The predicted octanol–water partition coefficient (Wildman–Crippen LogP) is 11.9. The maximum Gasteiger partial charge on any atom is 0.323 e. The molecule has 6 aromatic heterocycles. The number of amides is 1. The standard InChI is InChI=1S/C36H36FN5O4S.C29H22FN3O5S.C7H16N2/c37-29-19-26(18-28(44)20-27(43)17-25-7-2-1-3-8-25)9-10-32(29)46-33-11-13-38-30-21-34(47-36(30)33)31-22-42(24-40-31)23-35(45)39-12-6-16-41-14-4-5-15-41;30-22-12-19(11-21(35)13-20(34)10-18-4-2-1-3-5-18)6-7-25(22)38-26-8-9-31-23-14-27(39-29(23)26)24-15-33(17-32-24)16-28(36)37;8-4-3-7-9-5-1-2-6-9/h1-3,7-11,13,19,21-22,24H,4-6,12,14-18,20,23H2,(H,39,45);1-9,12,14-15,17H,10-11,13,16H2,(H,36,37);1-8H2. The highest BCUT2D eigenvalue weighted by atomic mass is 32.1. The average Bonchev–Trinajstić information content (AvgIpc) is 1.70. The second kappa shape index (κ2) is 34.1. The molecule has 2 aliphatic rings. The number of nitrogens with one attached hydrogen (secondary N) is 1. The number of carboxylic acid groups (broad SMARTS) is 1. The van der Waals surface area contributed by atoms with E-state index in [1.807, 2.05) is 79.0 Å². The zero-order valence-electron chi connectivity index (χ0n) is 52.5. The van der Waals surface area contributed by atoms with E-state index in [0.29, 0.717) is 56.3 Å². The molecular weight excluding hydrogens is 1250 g/mol. The molecule has 2 aliphatic heterocycles. The number of aromatic nitrogens is 6. The van der Waals surface area contributed by atoms with Crippen LogP contribution in [0, 0.1) is 11.6 Å². The summed E-state index contributed by atoms with van der Waals surface area (Å²) < 4.78 is 46.5. The Balaban J connectivity index is 0.000000185. The van der Waals surface area contributed by atoms with Crippen molar-refractivity contribution in [1.29, 1.82) is 0 Å². The quantitative estimate of drug-likeness (QED) is 0.0291. The molecule has 19 nitrogen and oxygen atoms in total. The second-order valence-corrected chi connectivity index (χ2v) is 25.5. The summed E-state index contributed by atoms with van der Waals surface area (Å²) in [6.45, 7) is 8.63. The Hall–Kier alpha value is -9.52. The Morgan fingerprint density at radius 3 is 1.38 bits per heavy atom. The summed E-state index contributed by atoms with van der Waals surface area (Å²) in [5, 5.41) is 12.0. The number of fused-ring (bicyclic) bond motifs is 2. The number of aliphatic carboxylic acids is 1. The number of rotatable bonds is 29. The summed E-state index contributed by atoms with van der Waals surface area (Å²) in [6.07, 6.45) is 17.0. The van der Waals surface area contributed by atoms with Crippen LogP contribution >= 0.6 is 22.7 Å². The van der Waals surface area contributed by atoms with E-state index in [1.165, 1.54) is 110 Å². The Bertz CT molecular complexity index is 4260. The van der Waals surface area contributed by atoms with Gasteiger partial charge in [-0.2, -0.15) is 0 Å². The highest BCUT2D eigenvalue weighted by Crippen LogP contribution is 2.41. The number of carboxylic acids is 1. The Morgan fingerprint density at radius 1 is 0.516 bits per heavy atom. The lowest BCUT2D eigenvalue weighted by atomic mass is 10.0. The van der Waals surface area contributed by atoms with E-state index < -0.39 is 17.6 Å². The largest absolute Gasteiger partial charge is 0.480 e. The van der Waals surface area contributed by atoms with E-state index in [4.69, 9.17) is 20.3 Å². The lowest BCUT2D eigenvalue weighted by Gasteiger charge is -2.14. The molecule has 1 amide bonds. The van der Waals surface area contributed by atoms with Gasteiger partial charge in [-0.3, -0.25) is 38.7 Å². The summed E-state index contributed by atoms with van der Waals surface area (Å²) in [5.74, 6) is -2.34. The van der Waals surface area contributed by atoms with Crippen LogP contribution in [0.4, 0.5) is 8.78 Å². The zero-order chi connectivity index (χ0) is 66.5. The molecular formula is C72H74F2N10O9S2. The van der Waals surface area contributed by atoms with Crippen LogP contribution in [0.3, 0.4) is 0 Å². The van der Waals surface area contributed by atoms with Crippen LogP contribution in [0.15, 0.2) is 159 Å². The molecule has 12 rings (SSSR count). The minimum Gasteiger partial charge on any atom is -0.480 e. The molecule has 4 aromatic carbocycles. The van der Waals surface area contributed by atoms with Crippen LogP contribution in [0.5, 0.6) is 23.0 Å². The van der Waals surface area contributed by atoms with E-state index in [0.717, 1.165) is 58.2 Å². The number of ketones is 4. The van der Waals surface area contributed by atoms with Crippen LogP contribution in [0.2, 0.25) is 0 Å². The molecule has 0 aliphatic carbocycles. The number of thiophene rings is 2. The highest BCUT2D eigenvalue weighted by molar-refractivity contribution is 7.23. The molecule has 0 atom stereocenters. The molecule has 2 fully saturated rings. The van der Waals surface area contributed by atoms with Crippen molar-refractivity contribution in [2.24, 2.45) is 5.73 Å². The van der Waals surface area contributed by atoms with Crippen molar-refractivity contribution in [3.63, 3.8) is 0 Å². The fourth-order valence-electron chi connectivity index (χ4n) is 11.1. The SMILES string of the molecule is NCCCN1CCCC1.O=C(CC(=O)Cc1ccc(Oc2ccnc3cc(-c4cn(CC(=O)NCCCN5CCCC5)cn4)sc23)c(F)c1)Cc1ccccc1.O=C(O)Cn1cnc(-c2cc3nccc(Oc4ccc(CC(=O)CC(=O)Cc5ccccc5)cc4F)c3s2)c1. The number of nitrogens with two attached hydrogens (primary N) is 1. The molecule has 95 heavy (non-hydrogen) atoms. The van der Waals surface area contributed by atoms with E-state index >= 15 is 4.39 Å². The number of carbonyl (C=O) groups is 6. The van der Waals surface area contributed by atoms with Gasteiger partial charge < -0.3 is 44.6 Å². The van der Waals surface area contributed by atoms with E-state index in [-0.39, 0.29) is 92.2 Å². The third-order valence-electron chi connectivity index (χ3n) is 15.7. The minimum absolute atomic E-state index is 0.0134. The van der Waals surface area contributed by atoms with E-state index in [9.17, 15) is 33.2 Å². The summed E-state index contributed by atoms with van der Waals surface area (Å²) in [6, 6.07) is 34.1. The topological polar surface area (TPSA) is 247 Å². The number of Topliss-reactive ketones (excluding diaryl/α,β-unsaturated/α-hetero) is 4. The van der Waals surface area contributed by atoms with Crippen molar-refractivity contribution < 1.29 is 52.1 Å². The minimum atomic E-state index is -0.971. The van der Waals surface area contributed by atoms with Gasteiger partial charge in [0.05, 0.1) is 67.1 Å². The predicted molar refractivity (Wildman–Crippen MR) is 362 cm³/mol. The normalized spacial score (nSPS) is 13.0. The summed E-state index contributed by atoms with van der Waals surface area (Å²) in [7, 11) is 0. The van der Waals surface area contributed by atoms with Gasteiger partial charge in [0, 0.05) is 69.1 Å². The number of imidazole rings is 2. The molecule has 0 bridgehead atoms. The Morgan fingerprint density at radius 2 is 0.947 bits per heavy atom. The van der Waals surface area contributed by atoms with Crippen LogP contribution in [-0.2, 0) is 67.5 Å². The van der Waals surface area contributed by atoms with Crippen LogP contribution in [-0.4, -0.2) is 131 Å². The van der Waals surface area contributed by atoms with Gasteiger partial charge in [0.15, 0.2) is 23.1 Å². The van der Waals surface area contributed by atoms with Crippen molar-refractivity contribution in [3.05, 3.63) is 193 Å². The number of nitrogens with zero attached hydrogens (tertiary/aromatic N) is 8. The maximum atomic E-state index is 15.1. The molecule has 0 spiro atoms. The molecule has 4 N–H and O–H groups in total.